The number of benzene rings is 1. The van der Waals surface area contributed by atoms with E-state index in [9.17, 15) is 13.2 Å². The van der Waals surface area contributed by atoms with Gasteiger partial charge in [-0.05, 0) is 71.3 Å². The first kappa shape index (κ1) is 21.3. The molecule has 148 valence electrons. The fraction of sp³-hybridized carbons (Fsp3) is 0.450. The van der Waals surface area contributed by atoms with Crippen LogP contribution < -0.4 is 10.5 Å². The van der Waals surface area contributed by atoms with E-state index in [0.717, 1.165) is 22.5 Å². The van der Waals surface area contributed by atoms with E-state index < -0.39 is 10.0 Å². The lowest BCUT2D eigenvalue weighted by Crippen LogP contribution is -2.27. The fourth-order valence-corrected chi connectivity index (χ4v) is 3.97. The third-order valence-electron chi connectivity index (χ3n) is 4.53. The van der Waals surface area contributed by atoms with Gasteiger partial charge in [0.15, 0.2) is 5.78 Å². The molecule has 0 saturated heterocycles. The molecule has 1 heterocycles. The molecule has 0 atom stereocenters. The lowest BCUT2D eigenvalue weighted by molar-refractivity contribution is 0.0990. The number of nitrogens with two attached hydrogens (primary N) is 1. The van der Waals surface area contributed by atoms with Crippen LogP contribution in [0.15, 0.2) is 35.2 Å². The number of sulfonamides is 1. The summed E-state index contributed by atoms with van der Waals surface area (Å²) >= 11 is 0. The summed E-state index contributed by atoms with van der Waals surface area (Å²) in [4.78, 5) is 12.7. The largest absolute Gasteiger partial charge is 0.343 e. The van der Waals surface area contributed by atoms with E-state index in [2.05, 4.69) is 30.7 Å². The van der Waals surface area contributed by atoms with Gasteiger partial charge in [0.1, 0.15) is 0 Å². The van der Waals surface area contributed by atoms with E-state index in [1.165, 1.54) is 12.1 Å². The van der Waals surface area contributed by atoms with Gasteiger partial charge >= 0.3 is 0 Å². The van der Waals surface area contributed by atoms with E-state index in [-0.39, 0.29) is 22.8 Å². The average molecular weight is 392 g/mol. The summed E-state index contributed by atoms with van der Waals surface area (Å²) in [5.41, 5.74) is 3.74. The van der Waals surface area contributed by atoms with Crippen molar-refractivity contribution in [3.8, 4) is 0 Å². The quantitative estimate of drug-likeness (QED) is 0.560. The van der Waals surface area contributed by atoms with E-state index in [4.69, 9.17) is 5.14 Å². The molecule has 0 aliphatic heterocycles. The Hall–Kier alpha value is -1.96. The van der Waals surface area contributed by atoms with Gasteiger partial charge in [-0.2, -0.15) is 0 Å². The number of carbonyl (C=O) groups is 1. The van der Waals surface area contributed by atoms with Crippen molar-refractivity contribution >= 4 is 15.8 Å². The Morgan fingerprint density at radius 2 is 1.74 bits per heavy atom. The fourth-order valence-electron chi connectivity index (χ4n) is 3.45. The summed E-state index contributed by atoms with van der Waals surface area (Å²) < 4.78 is 24.7. The van der Waals surface area contributed by atoms with Crippen LogP contribution in [0.25, 0.3) is 0 Å². The number of hydrogen-bond acceptors (Lipinski definition) is 4. The molecule has 7 heteroatoms. The maximum absolute atomic E-state index is 12.6. The topological polar surface area (TPSA) is 94.2 Å². The summed E-state index contributed by atoms with van der Waals surface area (Å²) in [7, 11) is -3.67. The van der Waals surface area contributed by atoms with Crippen LogP contribution in [0, 0.1) is 13.8 Å². The summed E-state index contributed by atoms with van der Waals surface area (Å²) in [5, 5.41) is 8.26. The van der Waals surface area contributed by atoms with Crippen molar-refractivity contribution in [3.05, 3.63) is 52.8 Å². The Bertz CT molecular complexity index is 921. The standard InChI is InChI=1S/C20H29N3O3S/c1-14-12-18(15(2)23(14)20(3,4)5)19(24)13-22-11-10-16-6-8-17(9-7-16)27(21,25)26/h6-9,12,22H,10-11,13H2,1-5H3,(H2,21,25,26). The lowest BCUT2D eigenvalue weighted by Gasteiger charge is -2.25. The predicted octanol–water partition coefficient (Wildman–Crippen LogP) is 2.52. The molecule has 1 aromatic carbocycles. The minimum absolute atomic E-state index is 0.0662. The first-order valence-electron chi connectivity index (χ1n) is 8.96. The first-order valence-corrected chi connectivity index (χ1v) is 10.5. The molecule has 0 amide bonds. The molecule has 27 heavy (non-hydrogen) atoms. The highest BCUT2D eigenvalue weighted by Crippen LogP contribution is 2.24. The zero-order valence-corrected chi connectivity index (χ0v) is 17.5. The van der Waals surface area contributed by atoms with Gasteiger partial charge in [0.05, 0.1) is 11.4 Å². The minimum Gasteiger partial charge on any atom is -0.343 e. The first-order chi connectivity index (χ1) is 12.4. The number of hydrogen-bond donors (Lipinski definition) is 2. The second kappa shape index (κ2) is 7.96. The van der Waals surface area contributed by atoms with Crippen molar-refractivity contribution in [1.29, 1.82) is 0 Å². The SMILES string of the molecule is Cc1cc(C(=O)CNCCc2ccc(S(N)(=O)=O)cc2)c(C)n1C(C)(C)C. The molecular formula is C20H29N3O3S. The zero-order valence-electron chi connectivity index (χ0n) is 16.7. The number of nitrogens with zero attached hydrogens (tertiary/aromatic N) is 1. The molecule has 6 nitrogen and oxygen atoms in total. The highest BCUT2D eigenvalue weighted by atomic mass is 32.2. The number of rotatable bonds is 7. The molecule has 0 radical (unpaired) electrons. The van der Waals surface area contributed by atoms with Gasteiger partial charge in [0.2, 0.25) is 10.0 Å². The number of nitrogens with one attached hydrogen (secondary N) is 1. The Kier molecular flexibility index (Phi) is 6.29. The molecule has 2 rings (SSSR count). The molecule has 0 fully saturated rings. The third-order valence-corrected chi connectivity index (χ3v) is 5.46. The van der Waals surface area contributed by atoms with E-state index in [0.29, 0.717) is 13.0 Å². The van der Waals surface area contributed by atoms with Gasteiger partial charge in [-0.3, -0.25) is 4.79 Å². The van der Waals surface area contributed by atoms with Gasteiger partial charge in [-0.25, -0.2) is 13.6 Å². The van der Waals surface area contributed by atoms with Gasteiger partial charge < -0.3 is 9.88 Å². The van der Waals surface area contributed by atoms with Crippen LogP contribution in [0.1, 0.15) is 48.1 Å². The van der Waals surface area contributed by atoms with Crippen LogP contribution in [0.5, 0.6) is 0 Å². The van der Waals surface area contributed by atoms with E-state index in [1.807, 2.05) is 19.9 Å². The van der Waals surface area contributed by atoms with Crippen LogP contribution in [-0.4, -0.2) is 31.9 Å². The zero-order chi connectivity index (χ0) is 20.4. The molecular weight excluding hydrogens is 362 g/mol. The highest BCUT2D eigenvalue weighted by molar-refractivity contribution is 7.89. The van der Waals surface area contributed by atoms with E-state index in [1.54, 1.807) is 12.1 Å². The van der Waals surface area contributed by atoms with Crippen molar-refractivity contribution in [2.45, 2.75) is 51.5 Å². The Morgan fingerprint density at radius 1 is 1.15 bits per heavy atom. The van der Waals surface area contributed by atoms with E-state index >= 15 is 0 Å². The number of Topliss-reactive ketones (excluding diaryl/α,β-unsaturated/α-hetero) is 1. The molecule has 0 saturated carbocycles. The molecule has 0 bridgehead atoms. The molecule has 1 aromatic heterocycles. The van der Waals surface area contributed by atoms with Gasteiger partial charge in [-0.15, -0.1) is 0 Å². The Morgan fingerprint density at radius 3 is 2.22 bits per heavy atom. The number of ketones is 1. The minimum atomic E-state index is -3.67. The van der Waals surface area contributed by atoms with Crippen molar-refractivity contribution in [2.75, 3.05) is 13.1 Å². The maximum Gasteiger partial charge on any atom is 0.238 e. The summed E-state index contributed by atoms with van der Waals surface area (Å²) in [6.45, 7) is 11.3. The molecule has 2 aromatic rings. The number of aryl methyl sites for hydroxylation is 1. The summed E-state index contributed by atoms with van der Waals surface area (Å²) in [5.74, 6) is 0.0724. The maximum atomic E-state index is 12.6. The van der Waals surface area contributed by atoms with Crippen molar-refractivity contribution in [1.82, 2.24) is 9.88 Å². The van der Waals surface area contributed by atoms with Crippen LogP contribution in [0.4, 0.5) is 0 Å². The van der Waals surface area contributed by atoms with Crippen molar-refractivity contribution < 1.29 is 13.2 Å². The molecule has 0 spiro atoms. The molecule has 3 N–H and O–H groups in total. The second-order valence-corrected chi connectivity index (χ2v) is 9.39. The smallest absolute Gasteiger partial charge is 0.238 e. The average Bonchev–Trinajstić information content (AvgIpc) is 2.85. The van der Waals surface area contributed by atoms with Crippen molar-refractivity contribution in [3.63, 3.8) is 0 Å². The van der Waals surface area contributed by atoms with Crippen LogP contribution >= 0.6 is 0 Å². The van der Waals surface area contributed by atoms with Crippen LogP contribution in [0.3, 0.4) is 0 Å². The van der Waals surface area contributed by atoms with Gasteiger partial charge in [0.25, 0.3) is 0 Å². The summed E-state index contributed by atoms with van der Waals surface area (Å²) in [6, 6.07) is 8.42. The summed E-state index contributed by atoms with van der Waals surface area (Å²) in [6.07, 6.45) is 0.694. The highest BCUT2D eigenvalue weighted by Gasteiger charge is 2.22. The number of primary sulfonamides is 1. The monoisotopic (exact) mass is 391 g/mol. The predicted molar refractivity (Wildman–Crippen MR) is 108 cm³/mol. The number of aromatic nitrogens is 1. The number of carbonyl (C=O) groups excluding carboxylic acids is 1. The normalized spacial score (nSPS) is 12.4. The van der Waals surface area contributed by atoms with Crippen LogP contribution in [0.2, 0.25) is 0 Å². The Labute approximate surface area is 161 Å². The second-order valence-electron chi connectivity index (χ2n) is 7.83. The lowest BCUT2D eigenvalue weighted by atomic mass is 10.1. The molecule has 0 aliphatic rings. The molecule has 0 unspecified atom stereocenters. The van der Waals surface area contributed by atoms with Crippen molar-refractivity contribution in [2.24, 2.45) is 5.14 Å². The van der Waals surface area contributed by atoms with Crippen LogP contribution in [-0.2, 0) is 22.0 Å². The van der Waals surface area contributed by atoms with Gasteiger partial charge in [-0.1, -0.05) is 12.1 Å². The molecule has 0 aliphatic carbocycles. The van der Waals surface area contributed by atoms with Gasteiger partial charge in [0, 0.05) is 22.5 Å². The Balaban J connectivity index is 1.92. The third kappa shape index (κ3) is 5.28.